The van der Waals surface area contributed by atoms with Gasteiger partial charge in [-0.3, -0.25) is 15.0 Å². The van der Waals surface area contributed by atoms with Gasteiger partial charge in [-0.05, 0) is 20.9 Å². The Bertz CT molecular complexity index is 752. The third-order valence-electron chi connectivity index (χ3n) is 4.03. The summed E-state index contributed by atoms with van der Waals surface area (Å²) in [6.45, 7) is 5.39. The summed E-state index contributed by atoms with van der Waals surface area (Å²) >= 11 is 0. The van der Waals surface area contributed by atoms with Crippen LogP contribution in [0.15, 0.2) is 16.7 Å². The standard InChI is InChI=1S/C16H19N3O5/c1-10-15(11(2)24-17-10)7-18(3)6-12-4-14(19(20)21)5-13-8-22-9-23-16(12)13/h4-5H,6-9H2,1-3H3. The van der Waals surface area contributed by atoms with Gasteiger partial charge in [0.15, 0.2) is 6.79 Å². The minimum Gasteiger partial charge on any atom is -0.467 e. The van der Waals surface area contributed by atoms with E-state index in [1.54, 1.807) is 6.07 Å². The lowest BCUT2D eigenvalue weighted by molar-refractivity contribution is -0.385. The molecule has 0 saturated carbocycles. The van der Waals surface area contributed by atoms with Crippen molar-refractivity contribution in [3.05, 3.63) is 50.4 Å². The monoisotopic (exact) mass is 333 g/mol. The number of aromatic nitrogens is 1. The van der Waals surface area contributed by atoms with Crippen molar-refractivity contribution in [1.82, 2.24) is 10.1 Å². The molecule has 2 aromatic rings. The highest BCUT2D eigenvalue weighted by Crippen LogP contribution is 2.33. The summed E-state index contributed by atoms with van der Waals surface area (Å²) in [4.78, 5) is 12.8. The summed E-state index contributed by atoms with van der Waals surface area (Å²) in [5.74, 6) is 1.46. The largest absolute Gasteiger partial charge is 0.467 e. The predicted octanol–water partition coefficient (Wildman–Crippen LogP) is 2.70. The van der Waals surface area contributed by atoms with Crippen LogP contribution in [0.25, 0.3) is 0 Å². The van der Waals surface area contributed by atoms with E-state index in [1.165, 1.54) is 6.07 Å². The number of nitrogens with zero attached hydrogens (tertiary/aromatic N) is 3. The zero-order chi connectivity index (χ0) is 17.3. The molecule has 8 nitrogen and oxygen atoms in total. The zero-order valence-electron chi connectivity index (χ0n) is 13.9. The fourth-order valence-electron chi connectivity index (χ4n) is 2.85. The first-order valence-electron chi connectivity index (χ1n) is 7.56. The third kappa shape index (κ3) is 3.24. The molecule has 0 N–H and O–H groups in total. The molecule has 0 unspecified atom stereocenters. The minimum absolute atomic E-state index is 0.0450. The number of ether oxygens (including phenoxy) is 2. The maximum Gasteiger partial charge on any atom is 0.270 e. The van der Waals surface area contributed by atoms with Gasteiger partial charge in [0, 0.05) is 41.9 Å². The highest BCUT2D eigenvalue weighted by atomic mass is 16.7. The lowest BCUT2D eigenvalue weighted by Gasteiger charge is -2.23. The number of nitro benzene ring substituents is 1. The molecular weight excluding hydrogens is 314 g/mol. The second-order valence-electron chi connectivity index (χ2n) is 5.94. The highest BCUT2D eigenvalue weighted by molar-refractivity contribution is 5.50. The second-order valence-corrected chi connectivity index (χ2v) is 5.94. The SMILES string of the molecule is Cc1noc(C)c1CN(C)Cc1cc([N+](=O)[O-])cc2c1OCOC2. The van der Waals surface area contributed by atoms with Crippen LogP contribution in [-0.4, -0.2) is 28.8 Å². The first kappa shape index (κ1) is 16.4. The van der Waals surface area contributed by atoms with Crippen molar-refractivity contribution in [2.24, 2.45) is 0 Å². The van der Waals surface area contributed by atoms with Gasteiger partial charge in [0.05, 0.1) is 17.2 Å². The van der Waals surface area contributed by atoms with Gasteiger partial charge in [-0.1, -0.05) is 5.16 Å². The molecule has 0 fully saturated rings. The Morgan fingerprint density at radius 2 is 2.12 bits per heavy atom. The topological polar surface area (TPSA) is 90.9 Å². The van der Waals surface area contributed by atoms with Gasteiger partial charge in [-0.2, -0.15) is 0 Å². The van der Waals surface area contributed by atoms with E-state index >= 15 is 0 Å². The summed E-state index contributed by atoms with van der Waals surface area (Å²) in [5.41, 5.74) is 3.41. The fraction of sp³-hybridized carbons (Fsp3) is 0.438. The zero-order valence-corrected chi connectivity index (χ0v) is 13.9. The van der Waals surface area contributed by atoms with Crippen LogP contribution in [-0.2, 0) is 24.4 Å². The normalized spacial score (nSPS) is 13.7. The molecule has 1 aliphatic rings. The molecule has 1 aromatic heterocycles. The van der Waals surface area contributed by atoms with E-state index < -0.39 is 4.92 Å². The number of non-ortho nitro benzene ring substituents is 1. The highest BCUT2D eigenvalue weighted by Gasteiger charge is 2.22. The molecule has 24 heavy (non-hydrogen) atoms. The predicted molar refractivity (Wildman–Crippen MR) is 84.5 cm³/mol. The molecule has 8 heteroatoms. The Balaban J connectivity index is 1.85. The van der Waals surface area contributed by atoms with Crippen LogP contribution in [0.4, 0.5) is 5.69 Å². The molecule has 0 bridgehead atoms. The van der Waals surface area contributed by atoms with Crippen LogP contribution in [0.1, 0.15) is 28.1 Å². The fourth-order valence-corrected chi connectivity index (χ4v) is 2.85. The van der Waals surface area contributed by atoms with Crippen molar-refractivity contribution >= 4 is 5.69 Å². The summed E-state index contributed by atoms with van der Waals surface area (Å²) in [6.07, 6.45) is 0. The van der Waals surface area contributed by atoms with E-state index in [-0.39, 0.29) is 12.5 Å². The number of fused-ring (bicyclic) bond motifs is 1. The first-order chi connectivity index (χ1) is 11.5. The molecular formula is C16H19N3O5. The van der Waals surface area contributed by atoms with E-state index in [2.05, 4.69) is 5.16 Å². The lowest BCUT2D eigenvalue weighted by Crippen LogP contribution is -2.21. The molecule has 0 radical (unpaired) electrons. The number of aryl methyl sites for hydroxylation is 2. The van der Waals surface area contributed by atoms with Crippen molar-refractivity contribution in [2.75, 3.05) is 13.8 Å². The number of hydrogen-bond donors (Lipinski definition) is 0. The quantitative estimate of drug-likeness (QED) is 0.613. The van der Waals surface area contributed by atoms with Crippen LogP contribution < -0.4 is 4.74 Å². The summed E-state index contributed by atoms with van der Waals surface area (Å²) in [5, 5.41) is 15.1. The Morgan fingerprint density at radius 3 is 2.79 bits per heavy atom. The van der Waals surface area contributed by atoms with Crippen molar-refractivity contribution in [1.29, 1.82) is 0 Å². The number of nitro groups is 1. The van der Waals surface area contributed by atoms with Crippen molar-refractivity contribution in [2.45, 2.75) is 33.5 Å². The van der Waals surface area contributed by atoms with Crippen molar-refractivity contribution in [3.8, 4) is 5.75 Å². The smallest absolute Gasteiger partial charge is 0.270 e. The van der Waals surface area contributed by atoms with Gasteiger partial charge in [0.25, 0.3) is 5.69 Å². The van der Waals surface area contributed by atoms with E-state index in [0.29, 0.717) is 31.0 Å². The van der Waals surface area contributed by atoms with Gasteiger partial charge in [0.2, 0.25) is 0 Å². The Morgan fingerprint density at radius 1 is 1.33 bits per heavy atom. The summed E-state index contributed by atoms with van der Waals surface area (Å²) in [6, 6.07) is 3.07. The van der Waals surface area contributed by atoms with Crippen LogP contribution >= 0.6 is 0 Å². The molecule has 1 aliphatic heterocycles. The van der Waals surface area contributed by atoms with Crippen LogP contribution in [0.5, 0.6) is 5.75 Å². The second kappa shape index (κ2) is 6.58. The van der Waals surface area contributed by atoms with Crippen molar-refractivity contribution in [3.63, 3.8) is 0 Å². The molecule has 128 valence electrons. The van der Waals surface area contributed by atoms with Gasteiger partial charge in [-0.15, -0.1) is 0 Å². The Kier molecular flexibility index (Phi) is 4.50. The van der Waals surface area contributed by atoms with Crippen molar-refractivity contribution < 1.29 is 18.9 Å². The van der Waals surface area contributed by atoms with Crippen LogP contribution in [0.2, 0.25) is 0 Å². The van der Waals surface area contributed by atoms with E-state index in [0.717, 1.165) is 22.6 Å². The molecule has 0 aliphatic carbocycles. The molecule has 0 amide bonds. The molecule has 1 aromatic carbocycles. The van der Waals surface area contributed by atoms with E-state index in [1.807, 2.05) is 25.8 Å². The molecule has 0 saturated heterocycles. The van der Waals surface area contributed by atoms with E-state index in [9.17, 15) is 10.1 Å². The van der Waals surface area contributed by atoms with Gasteiger partial charge in [0.1, 0.15) is 11.5 Å². The molecule has 0 spiro atoms. The minimum atomic E-state index is -0.396. The third-order valence-corrected chi connectivity index (χ3v) is 4.03. The van der Waals surface area contributed by atoms with Gasteiger partial charge < -0.3 is 14.0 Å². The molecule has 0 atom stereocenters. The van der Waals surface area contributed by atoms with Crippen LogP contribution in [0.3, 0.4) is 0 Å². The van der Waals surface area contributed by atoms with Gasteiger partial charge in [-0.25, -0.2) is 0 Å². The lowest BCUT2D eigenvalue weighted by atomic mass is 10.1. The Hall–Kier alpha value is -2.45. The maximum atomic E-state index is 11.2. The Labute approximate surface area is 139 Å². The number of benzene rings is 1. The number of hydrogen-bond acceptors (Lipinski definition) is 7. The average molecular weight is 333 g/mol. The molecule has 2 heterocycles. The van der Waals surface area contributed by atoms with Gasteiger partial charge >= 0.3 is 0 Å². The maximum absolute atomic E-state index is 11.2. The average Bonchev–Trinajstić information content (AvgIpc) is 2.86. The number of rotatable bonds is 5. The summed E-state index contributed by atoms with van der Waals surface area (Å²) < 4.78 is 16.0. The van der Waals surface area contributed by atoms with E-state index in [4.69, 9.17) is 14.0 Å². The molecule has 3 rings (SSSR count). The van der Waals surface area contributed by atoms with Crippen LogP contribution in [0, 0.1) is 24.0 Å². The first-order valence-corrected chi connectivity index (χ1v) is 7.56. The summed E-state index contributed by atoms with van der Waals surface area (Å²) in [7, 11) is 1.94.